The lowest BCUT2D eigenvalue weighted by Crippen LogP contribution is -2.41. The first-order valence-electron chi connectivity index (χ1n) is 8.20. The van der Waals surface area contributed by atoms with Gasteiger partial charge in [0.15, 0.2) is 9.84 Å². The van der Waals surface area contributed by atoms with Crippen LogP contribution in [0.25, 0.3) is 0 Å². The Balaban J connectivity index is 2.35. The van der Waals surface area contributed by atoms with Crippen molar-refractivity contribution in [3.05, 3.63) is 35.2 Å². The van der Waals surface area contributed by atoms with Crippen LogP contribution in [0.3, 0.4) is 0 Å². The molecule has 1 aromatic heterocycles. The molecular formula is C17H24N2O5S. The van der Waals surface area contributed by atoms with E-state index in [0.29, 0.717) is 23.2 Å². The van der Waals surface area contributed by atoms with Crippen LogP contribution in [0.5, 0.6) is 0 Å². The SMILES string of the molecule is C=CCN(C(=O)c1[nH]c(C)c(C(=O)OCC)c1C)[C@H]1CCS(=O)(=O)C1. The lowest BCUT2D eigenvalue weighted by atomic mass is 10.1. The number of sulfone groups is 1. The number of nitrogens with zero attached hydrogens (tertiary/aromatic N) is 1. The summed E-state index contributed by atoms with van der Waals surface area (Å²) in [6, 6.07) is -0.385. The zero-order valence-corrected chi connectivity index (χ0v) is 15.6. The predicted molar refractivity (Wildman–Crippen MR) is 94.5 cm³/mol. The number of H-pyrrole nitrogens is 1. The van der Waals surface area contributed by atoms with E-state index in [0.717, 1.165) is 0 Å². The van der Waals surface area contributed by atoms with Crippen LogP contribution >= 0.6 is 0 Å². The highest BCUT2D eigenvalue weighted by Gasteiger charge is 2.36. The lowest BCUT2D eigenvalue weighted by Gasteiger charge is -2.27. The number of ether oxygens (including phenoxy) is 1. The van der Waals surface area contributed by atoms with E-state index in [1.165, 1.54) is 4.90 Å². The number of hydrogen-bond acceptors (Lipinski definition) is 5. The maximum atomic E-state index is 13.0. The van der Waals surface area contributed by atoms with Crippen LogP contribution < -0.4 is 0 Å². The van der Waals surface area contributed by atoms with Gasteiger partial charge >= 0.3 is 5.97 Å². The van der Waals surface area contributed by atoms with Crippen LogP contribution in [0.15, 0.2) is 12.7 Å². The number of aromatic nitrogens is 1. The van der Waals surface area contributed by atoms with E-state index in [9.17, 15) is 18.0 Å². The number of aryl methyl sites for hydroxylation is 1. The van der Waals surface area contributed by atoms with E-state index in [2.05, 4.69) is 11.6 Å². The van der Waals surface area contributed by atoms with Gasteiger partial charge in [-0.3, -0.25) is 4.79 Å². The summed E-state index contributed by atoms with van der Waals surface area (Å²) in [6.45, 7) is 9.24. The van der Waals surface area contributed by atoms with E-state index in [4.69, 9.17) is 4.74 Å². The average molecular weight is 368 g/mol. The normalized spacial score (nSPS) is 18.8. The van der Waals surface area contributed by atoms with Crippen molar-refractivity contribution >= 4 is 21.7 Å². The third kappa shape index (κ3) is 3.95. The van der Waals surface area contributed by atoms with Crippen molar-refractivity contribution in [2.45, 2.75) is 33.2 Å². The van der Waals surface area contributed by atoms with Crippen molar-refractivity contribution in [3.63, 3.8) is 0 Å². The van der Waals surface area contributed by atoms with Crippen molar-refractivity contribution < 1.29 is 22.7 Å². The van der Waals surface area contributed by atoms with Crippen molar-refractivity contribution in [1.82, 2.24) is 9.88 Å². The second kappa shape index (κ2) is 7.43. The number of carbonyl (C=O) groups is 2. The molecule has 8 heteroatoms. The molecule has 0 bridgehead atoms. The molecule has 1 N–H and O–H groups in total. The summed E-state index contributed by atoms with van der Waals surface area (Å²) in [5.41, 5.74) is 1.70. The lowest BCUT2D eigenvalue weighted by molar-refractivity contribution is 0.0525. The molecule has 0 aromatic carbocycles. The molecule has 1 amide bonds. The van der Waals surface area contributed by atoms with E-state index in [1.54, 1.807) is 26.8 Å². The Bertz CT molecular complexity index is 794. The van der Waals surface area contributed by atoms with Gasteiger partial charge in [-0.05, 0) is 32.8 Å². The molecule has 0 saturated carbocycles. The minimum absolute atomic E-state index is 0.0456. The second-order valence-electron chi connectivity index (χ2n) is 6.15. The molecule has 1 atom stereocenters. The summed E-state index contributed by atoms with van der Waals surface area (Å²) in [6.07, 6.45) is 1.98. The maximum absolute atomic E-state index is 13.0. The fourth-order valence-electron chi connectivity index (χ4n) is 3.18. The third-order valence-electron chi connectivity index (χ3n) is 4.37. The van der Waals surface area contributed by atoms with Gasteiger partial charge in [0.2, 0.25) is 0 Å². The van der Waals surface area contributed by atoms with Gasteiger partial charge in [0.05, 0.1) is 23.7 Å². The van der Waals surface area contributed by atoms with Crippen LogP contribution in [-0.4, -0.2) is 60.9 Å². The Labute approximate surface area is 148 Å². The van der Waals surface area contributed by atoms with Gasteiger partial charge in [-0.15, -0.1) is 6.58 Å². The number of carbonyl (C=O) groups excluding carboxylic acids is 2. The second-order valence-corrected chi connectivity index (χ2v) is 8.38. The highest BCUT2D eigenvalue weighted by molar-refractivity contribution is 7.91. The molecule has 1 fully saturated rings. The number of esters is 1. The Morgan fingerprint density at radius 3 is 2.60 bits per heavy atom. The van der Waals surface area contributed by atoms with E-state index in [1.807, 2.05) is 0 Å². The molecule has 138 valence electrons. The van der Waals surface area contributed by atoms with Gasteiger partial charge in [-0.2, -0.15) is 0 Å². The van der Waals surface area contributed by atoms with Gasteiger partial charge in [0, 0.05) is 18.3 Å². The highest BCUT2D eigenvalue weighted by Crippen LogP contribution is 2.24. The number of rotatable bonds is 6. The van der Waals surface area contributed by atoms with Crippen molar-refractivity contribution in [1.29, 1.82) is 0 Å². The van der Waals surface area contributed by atoms with Crippen molar-refractivity contribution in [2.75, 3.05) is 24.7 Å². The fourth-order valence-corrected chi connectivity index (χ4v) is 4.91. The van der Waals surface area contributed by atoms with Crippen molar-refractivity contribution in [2.24, 2.45) is 0 Å². The number of hydrogen-bond donors (Lipinski definition) is 1. The van der Waals surface area contributed by atoms with Crippen LogP contribution in [0.2, 0.25) is 0 Å². The molecule has 7 nitrogen and oxygen atoms in total. The Kier molecular flexibility index (Phi) is 5.72. The highest BCUT2D eigenvalue weighted by atomic mass is 32.2. The Morgan fingerprint density at radius 2 is 2.08 bits per heavy atom. The number of aromatic amines is 1. The third-order valence-corrected chi connectivity index (χ3v) is 6.12. The Hall–Kier alpha value is -2.09. The topological polar surface area (TPSA) is 96.5 Å². The molecule has 0 unspecified atom stereocenters. The molecule has 25 heavy (non-hydrogen) atoms. The van der Waals surface area contributed by atoms with E-state index >= 15 is 0 Å². The molecular weight excluding hydrogens is 344 g/mol. The minimum atomic E-state index is -3.12. The maximum Gasteiger partial charge on any atom is 0.340 e. The van der Waals surface area contributed by atoms with Gasteiger partial charge < -0.3 is 14.6 Å². The monoisotopic (exact) mass is 368 g/mol. The van der Waals surface area contributed by atoms with Gasteiger partial charge in [-0.25, -0.2) is 13.2 Å². The summed E-state index contributed by atoms with van der Waals surface area (Å²) in [4.78, 5) is 29.6. The van der Waals surface area contributed by atoms with Crippen LogP contribution in [0.4, 0.5) is 0 Å². The standard InChI is InChI=1S/C17H24N2O5S/c1-5-8-19(13-7-9-25(22,23)10-13)16(20)15-11(3)14(12(4)18-15)17(21)24-6-2/h5,13,18H,1,6-10H2,2-4H3/t13-/m0/s1. The molecule has 0 spiro atoms. The predicted octanol–water partition coefficient (Wildman–Crippen LogP) is 1.62. The first-order valence-corrected chi connectivity index (χ1v) is 10.0. The molecule has 1 aliphatic rings. The van der Waals surface area contributed by atoms with Crippen LogP contribution in [0.1, 0.15) is 45.4 Å². The summed E-state index contributed by atoms with van der Waals surface area (Å²) in [7, 11) is -3.12. The van der Waals surface area contributed by atoms with Crippen molar-refractivity contribution in [3.8, 4) is 0 Å². The zero-order valence-electron chi connectivity index (χ0n) is 14.8. The summed E-state index contributed by atoms with van der Waals surface area (Å²) >= 11 is 0. The molecule has 0 aliphatic carbocycles. The molecule has 1 aliphatic heterocycles. The number of amides is 1. The molecule has 0 radical (unpaired) electrons. The number of nitrogens with one attached hydrogen (secondary N) is 1. The fraction of sp³-hybridized carbons (Fsp3) is 0.529. The minimum Gasteiger partial charge on any atom is -0.462 e. The first-order chi connectivity index (χ1) is 11.7. The summed E-state index contributed by atoms with van der Waals surface area (Å²) in [5, 5.41) is 0. The van der Waals surface area contributed by atoms with Gasteiger partial charge in [-0.1, -0.05) is 6.08 Å². The Morgan fingerprint density at radius 1 is 1.40 bits per heavy atom. The largest absolute Gasteiger partial charge is 0.462 e. The van der Waals surface area contributed by atoms with Crippen LogP contribution in [0, 0.1) is 13.8 Å². The smallest absolute Gasteiger partial charge is 0.340 e. The summed E-state index contributed by atoms with van der Waals surface area (Å²) < 4.78 is 28.6. The zero-order chi connectivity index (χ0) is 18.8. The van der Waals surface area contributed by atoms with Gasteiger partial charge in [0.1, 0.15) is 5.69 Å². The quantitative estimate of drug-likeness (QED) is 0.608. The molecule has 1 saturated heterocycles. The molecule has 2 rings (SSSR count). The molecule has 2 heterocycles. The van der Waals surface area contributed by atoms with Crippen LogP contribution in [-0.2, 0) is 14.6 Å². The average Bonchev–Trinajstić information content (AvgIpc) is 3.03. The van der Waals surface area contributed by atoms with Gasteiger partial charge in [0.25, 0.3) is 5.91 Å². The molecule has 1 aromatic rings. The first kappa shape index (κ1) is 19.2. The summed E-state index contributed by atoms with van der Waals surface area (Å²) in [5.74, 6) is -0.782. The van der Waals surface area contributed by atoms with E-state index < -0.39 is 15.8 Å². The van der Waals surface area contributed by atoms with E-state index in [-0.39, 0.29) is 42.3 Å².